The Bertz CT molecular complexity index is 542. The van der Waals surface area contributed by atoms with Crippen molar-refractivity contribution in [2.24, 2.45) is 0 Å². The molecule has 3 rings (SSSR count). The van der Waals surface area contributed by atoms with Crippen LogP contribution in [0.15, 0.2) is 34.9 Å². The van der Waals surface area contributed by atoms with Gasteiger partial charge in [-0.3, -0.25) is 0 Å². The van der Waals surface area contributed by atoms with Crippen LogP contribution in [0.5, 0.6) is 0 Å². The predicted octanol–water partition coefficient (Wildman–Crippen LogP) is 3.69. The van der Waals surface area contributed by atoms with Crippen LogP contribution in [0.2, 0.25) is 0 Å². The van der Waals surface area contributed by atoms with Crippen LogP contribution >= 0.6 is 23.3 Å². The molecule has 5 heteroatoms. The molecule has 1 aromatic carbocycles. The Morgan fingerprint density at radius 3 is 3.10 bits per heavy atom. The predicted molar refractivity (Wildman–Crippen MR) is 85.4 cm³/mol. The third-order valence-corrected chi connectivity index (χ3v) is 5.81. The van der Waals surface area contributed by atoms with Crippen LogP contribution in [0, 0.1) is 0 Å². The molecule has 1 N–H and O–H groups in total. The largest absolute Gasteiger partial charge is 0.309 e. The van der Waals surface area contributed by atoms with E-state index in [9.17, 15) is 0 Å². The molecule has 0 aliphatic heterocycles. The monoisotopic (exact) mass is 305 g/mol. The van der Waals surface area contributed by atoms with Gasteiger partial charge < -0.3 is 5.32 Å². The third-order valence-electron chi connectivity index (χ3n) is 3.71. The summed E-state index contributed by atoms with van der Waals surface area (Å²) >= 11 is 3.38. The first-order chi connectivity index (χ1) is 9.88. The number of rotatable bonds is 4. The molecule has 0 fully saturated rings. The number of fused-ring (bicyclic) bond motifs is 1. The van der Waals surface area contributed by atoms with E-state index in [1.54, 1.807) is 6.33 Å². The van der Waals surface area contributed by atoms with Crippen LogP contribution in [0.4, 0.5) is 0 Å². The first-order valence-electron chi connectivity index (χ1n) is 7.13. The normalized spacial score (nSPS) is 22.2. The molecule has 1 aromatic heterocycles. The van der Waals surface area contributed by atoms with Gasteiger partial charge in [-0.05, 0) is 48.5 Å². The van der Waals surface area contributed by atoms with E-state index >= 15 is 0 Å². The van der Waals surface area contributed by atoms with Gasteiger partial charge in [-0.2, -0.15) is 4.37 Å². The molecular weight excluding hydrogens is 286 g/mol. The van der Waals surface area contributed by atoms with Crippen LogP contribution < -0.4 is 5.32 Å². The quantitative estimate of drug-likeness (QED) is 0.874. The molecule has 106 valence electrons. The second kappa shape index (κ2) is 6.70. The van der Waals surface area contributed by atoms with Gasteiger partial charge in [0.05, 0.1) is 0 Å². The molecule has 2 atom stereocenters. The van der Waals surface area contributed by atoms with Crippen molar-refractivity contribution in [2.75, 3.05) is 6.54 Å². The van der Waals surface area contributed by atoms with Crippen LogP contribution in [0.1, 0.15) is 36.9 Å². The lowest BCUT2D eigenvalue weighted by atomic mass is 9.99. The Balaban J connectivity index is 1.89. The second-order valence-corrected chi connectivity index (χ2v) is 7.26. The van der Waals surface area contributed by atoms with Crippen molar-refractivity contribution in [1.29, 1.82) is 0 Å². The van der Waals surface area contributed by atoms with Gasteiger partial charge in [0.2, 0.25) is 0 Å². The van der Waals surface area contributed by atoms with Gasteiger partial charge in [0.15, 0.2) is 4.34 Å². The number of thioether (sulfide) groups is 1. The maximum Gasteiger partial charge on any atom is 0.170 e. The number of hydrogen-bond donors (Lipinski definition) is 1. The molecule has 20 heavy (non-hydrogen) atoms. The molecule has 1 aliphatic rings. The molecule has 0 spiro atoms. The summed E-state index contributed by atoms with van der Waals surface area (Å²) in [6, 6.07) is 9.27. The summed E-state index contributed by atoms with van der Waals surface area (Å²) < 4.78 is 5.20. The smallest absolute Gasteiger partial charge is 0.170 e. The van der Waals surface area contributed by atoms with Gasteiger partial charge in [-0.25, -0.2) is 4.98 Å². The molecule has 0 saturated heterocycles. The highest BCUT2D eigenvalue weighted by Gasteiger charge is 2.28. The zero-order valence-electron chi connectivity index (χ0n) is 11.6. The van der Waals surface area contributed by atoms with E-state index in [0.29, 0.717) is 11.3 Å². The number of nitrogens with one attached hydrogen (secondary N) is 1. The topological polar surface area (TPSA) is 37.8 Å². The number of nitrogens with zero attached hydrogens (tertiary/aromatic N) is 2. The van der Waals surface area contributed by atoms with Gasteiger partial charge in [0, 0.05) is 11.3 Å². The van der Waals surface area contributed by atoms with Crippen LogP contribution in [0.3, 0.4) is 0 Å². The fourth-order valence-corrected chi connectivity index (χ4v) is 4.84. The van der Waals surface area contributed by atoms with E-state index < -0.39 is 0 Å². The van der Waals surface area contributed by atoms with Gasteiger partial charge in [-0.1, -0.05) is 43.0 Å². The SMILES string of the molecule is CCNC1c2ccccc2CCCC1Sc1ncns1. The minimum atomic E-state index is 0.410. The van der Waals surface area contributed by atoms with Gasteiger partial charge in [0.1, 0.15) is 6.33 Å². The number of aryl methyl sites for hydroxylation is 1. The first kappa shape index (κ1) is 14.0. The van der Waals surface area contributed by atoms with Crippen molar-refractivity contribution in [2.45, 2.75) is 41.8 Å². The molecule has 0 radical (unpaired) electrons. The summed E-state index contributed by atoms with van der Waals surface area (Å²) in [7, 11) is 0. The van der Waals surface area contributed by atoms with Crippen molar-refractivity contribution >= 4 is 23.3 Å². The minimum Gasteiger partial charge on any atom is -0.309 e. The second-order valence-electron chi connectivity index (χ2n) is 4.99. The van der Waals surface area contributed by atoms with E-state index in [-0.39, 0.29) is 0 Å². The Morgan fingerprint density at radius 1 is 1.40 bits per heavy atom. The van der Waals surface area contributed by atoms with Gasteiger partial charge in [0.25, 0.3) is 0 Å². The fraction of sp³-hybridized carbons (Fsp3) is 0.467. The van der Waals surface area contributed by atoms with Crippen LogP contribution in [-0.4, -0.2) is 21.2 Å². The van der Waals surface area contributed by atoms with Crippen molar-refractivity contribution < 1.29 is 0 Å². The standard InChI is InChI=1S/C15H19N3S2/c1-2-16-14-12-8-4-3-6-11(12)7-5-9-13(14)19-15-17-10-18-20-15/h3-4,6,8,10,13-14,16H,2,5,7,9H2,1H3. The van der Waals surface area contributed by atoms with Crippen molar-refractivity contribution in [3.8, 4) is 0 Å². The Labute approximate surface area is 128 Å². The fourth-order valence-electron chi connectivity index (χ4n) is 2.86. The number of benzene rings is 1. The summed E-state index contributed by atoms with van der Waals surface area (Å²) in [5.41, 5.74) is 2.97. The molecule has 1 aliphatic carbocycles. The molecule has 2 aromatic rings. The molecule has 3 nitrogen and oxygen atoms in total. The van der Waals surface area contributed by atoms with Crippen molar-refractivity contribution in [3.05, 3.63) is 41.7 Å². The summed E-state index contributed by atoms with van der Waals surface area (Å²) in [6.45, 7) is 3.17. The lowest BCUT2D eigenvalue weighted by Crippen LogP contribution is -2.29. The van der Waals surface area contributed by atoms with Crippen molar-refractivity contribution in [3.63, 3.8) is 0 Å². The molecule has 0 amide bonds. The van der Waals surface area contributed by atoms with E-state index in [0.717, 1.165) is 10.9 Å². The highest BCUT2D eigenvalue weighted by Crippen LogP contribution is 2.39. The summed E-state index contributed by atoms with van der Waals surface area (Å²) in [5.74, 6) is 0. The molecule has 2 unspecified atom stereocenters. The zero-order chi connectivity index (χ0) is 13.8. The highest BCUT2D eigenvalue weighted by molar-refractivity contribution is 8.01. The number of hydrogen-bond acceptors (Lipinski definition) is 5. The summed E-state index contributed by atoms with van der Waals surface area (Å²) in [5, 5.41) is 4.21. The summed E-state index contributed by atoms with van der Waals surface area (Å²) in [4.78, 5) is 4.33. The average Bonchev–Trinajstić information content (AvgIpc) is 2.91. The summed E-state index contributed by atoms with van der Waals surface area (Å²) in [6.07, 6.45) is 5.30. The van der Waals surface area contributed by atoms with Crippen LogP contribution in [-0.2, 0) is 6.42 Å². The maximum atomic E-state index is 4.33. The minimum absolute atomic E-state index is 0.410. The van der Waals surface area contributed by atoms with E-state index in [4.69, 9.17) is 0 Å². The number of aromatic nitrogens is 2. The third kappa shape index (κ3) is 3.05. The van der Waals surface area contributed by atoms with E-state index in [2.05, 4.69) is 45.9 Å². The highest BCUT2D eigenvalue weighted by atomic mass is 32.2. The molecule has 0 bridgehead atoms. The Morgan fingerprint density at radius 2 is 2.30 bits per heavy atom. The first-order valence-corrected chi connectivity index (χ1v) is 8.78. The van der Waals surface area contributed by atoms with Gasteiger partial charge >= 0.3 is 0 Å². The van der Waals surface area contributed by atoms with E-state index in [1.807, 2.05) is 11.8 Å². The zero-order valence-corrected chi connectivity index (χ0v) is 13.2. The maximum absolute atomic E-state index is 4.33. The Kier molecular flexibility index (Phi) is 4.70. The van der Waals surface area contributed by atoms with Gasteiger partial charge in [-0.15, -0.1) is 0 Å². The Hall–Kier alpha value is -0.910. The molecular formula is C15H19N3S2. The van der Waals surface area contributed by atoms with E-state index in [1.165, 1.54) is 41.9 Å². The van der Waals surface area contributed by atoms with Crippen molar-refractivity contribution in [1.82, 2.24) is 14.7 Å². The lowest BCUT2D eigenvalue weighted by molar-refractivity contribution is 0.516. The molecule has 0 saturated carbocycles. The lowest BCUT2D eigenvalue weighted by Gasteiger charge is -2.26. The average molecular weight is 305 g/mol. The van der Waals surface area contributed by atoms with Crippen LogP contribution in [0.25, 0.3) is 0 Å². The molecule has 1 heterocycles.